The van der Waals surface area contributed by atoms with E-state index < -0.39 is 12.0 Å². The number of nitrogens with one attached hydrogen (secondary N) is 1. The molecule has 0 saturated carbocycles. The van der Waals surface area contributed by atoms with Crippen molar-refractivity contribution in [1.29, 1.82) is 0 Å². The van der Waals surface area contributed by atoms with Crippen molar-refractivity contribution in [2.45, 2.75) is 38.1 Å². The fourth-order valence-corrected chi connectivity index (χ4v) is 1.36. The second-order valence-electron chi connectivity index (χ2n) is 4.22. The smallest absolute Gasteiger partial charge is 0.320 e. The average Bonchev–Trinajstić information content (AvgIpc) is 2.88. The number of rotatable bonds is 8. The van der Waals surface area contributed by atoms with E-state index in [1.54, 1.807) is 6.20 Å². The Morgan fingerprint density at radius 3 is 2.21 bits per heavy atom. The van der Waals surface area contributed by atoms with E-state index in [1.165, 1.54) is 19.2 Å². The topological polar surface area (TPSA) is 144 Å². The highest BCUT2D eigenvalue weighted by Gasteiger charge is 2.11. The summed E-state index contributed by atoms with van der Waals surface area (Å²) in [6.45, 7) is 1.65. The van der Waals surface area contributed by atoms with E-state index in [-0.39, 0.29) is 6.42 Å². The van der Waals surface area contributed by atoms with Crippen molar-refractivity contribution in [3.05, 3.63) is 18.2 Å². The molecule has 7 heteroatoms. The second-order valence-corrected chi connectivity index (χ2v) is 4.22. The van der Waals surface area contributed by atoms with Crippen molar-refractivity contribution >= 4 is 5.97 Å². The van der Waals surface area contributed by atoms with Gasteiger partial charge < -0.3 is 27.3 Å². The fraction of sp³-hybridized carbons (Fsp3) is 0.667. The van der Waals surface area contributed by atoms with Crippen LogP contribution in [0.3, 0.4) is 0 Å². The van der Waals surface area contributed by atoms with E-state index in [2.05, 4.69) is 9.97 Å². The van der Waals surface area contributed by atoms with Crippen LogP contribution in [0, 0.1) is 0 Å². The van der Waals surface area contributed by atoms with E-state index in [0.29, 0.717) is 0 Å². The summed E-state index contributed by atoms with van der Waals surface area (Å²) >= 11 is 0. The molecule has 1 aromatic rings. The zero-order valence-corrected chi connectivity index (χ0v) is 11.2. The van der Waals surface area contributed by atoms with Crippen molar-refractivity contribution in [2.24, 2.45) is 17.2 Å². The number of aromatic amines is 1. The molecule has 0 saturated heterocycles. The molecule has 0 aliphatic heterocycles. The van der Waals surface area contributed by atoms with Crippen LogP contribution < -0.4 is 17.2 Å². The van der Waals surface area contributed by atoms with Crippen molar-refractivity contribution < 1.29 is 9.90 Å². The minimum absolute atomic E-state index is 0.287. The molecule has 0 radical (unpaired) electrons. The average molecular weight is 271 g/mol. The molecule has 0 spiro atoms. The summed E-state index contributed by atoms with van der Waals surface area (Å²) in [5.74, 6) is -1.00. The lowest BCUT2D eigenvalue weighted by Gasteiger charge is -2.02. The molecule has 1 aromatic heterocycles. The van der Waals surface area contributed by atoms with Crippen molar-refractivity contribution in [2.75, 3.05) is 13.1 Å². The van der Waals surface area contributed by atoms with Crippen LogP contribution in [0.4, 0.5) is 0 Å². The Kier molecular flexibility index (Phi) is 10.8. The van der Waals surface area contributed by atoms with Gasteiger partial charge in [0.1, 0.15) is 6.04 Å². The Morgan fingerprint density at radius 1 is 1.26 bits per heavy atom. The Balaban J connectivity index is 0.000000362. The van der Waals surface area contributed by atoms with Gasteiger partial charge in [0.25, 0.3) is 0 Å². The van der Waals surface area contributed by atoms with Gasteiger partial charge in [0, 0.05) is 18.3 Å². The predicted molar refractivity (Wildman–Crippen MR) is 74.5 cm³/mol. The SMILES string of the molecule is NC(Cc1cnc[nH]1)C(=O)O.NCCCCCCN. The van der Waals surface area contributed by atoms with Gasteiger partial charge in [-0.05, 0) is 25.9 Å². The lowest BCUT2D eigenvalue weighted by atomic mass is 10.2. The Labute approximate surface area is 113 Å². The molecular formula is C12H25N5O2. The van der Waals surface area contributed by atoms with Crippen LogP contribution in [0.5, 0.6) is 0 Å². The van der Waals surface area contributed by atoms with Crippen LogP contribution >= 0.6 is 0 Å². The number of nitrogens with zero attached hydrogens (tertiary/aromatic N) is 1. The number of aromatic nitrogens is 2. The Hall–Kier alpha value is -1.44. The summed E-state index contributed by atoms with van der Waals surface area (Å²) in [6, 6.07) is -0.851. The van der Waals surface area contributed by atoms with Crippen LogP contribution in [0.1, 0.15) is 31.4 Å². The number of H-pyrrole nitrogens is 1. The molecule has 0 amide bonds. The number of hydrogen-bond acceptors (Lipinski definition) is 5. The number of nitrogens with two attached hydrogens (primary N) is 3. The van der Waals surface area contributed by atoms with Crippen LogP contribution in [-0.2, 0) is 11.2 Å². The summed E-state index contributed by atoms with van der Waals surface area (Å²) < 4.78 is 0. The summed E-state index contributed by atoms with van der Waals surface area (Å²) in [6.07, 6.45) is 8.13. The molecule has 0 aliphatic carbocycles. The number of unbranched alkanes of at least 4 members (excludes halogenated alkanes) is 3. The summed E-state index contributed by atoms with van der Waals surface area (Å²) in [5.41, 5.74) is 16.6. The molecule has 0 aromatic carbocycles. The first-order chi connectivity index (χ1) is 9.11. The first-order valence-electron chi connectivity index (χ1n) is 6.47. The number of aliphatic carboxylic acids is 1. The Morgan fingerprint density at radius 2 is 1.84 bits per heavy atom. The monoisotopic (exact) mass is 271 g/mol. The fourth-order valence-electron chi connectivity index (χ4n) is 1.36. The molecule has 1 heterocycles. The molecule has 1 rings (SSSR count). The van der Waals surface area contributed by atoms with Gasteiger partial charge >= 0.3 is 5.97 Å². The second kappa shape index (κ2) is 11.6. The van der Waals surface area contributed by atoms with Crippen LogP contribution in [0.25, 0.3) is 0 Å². The highest BCUT2D eigenvalue weighted by atomic mass is 16.4. The molecule has 110 valence electrons. The van der Waals surface area contributed by atoms with Gasteiger partial charge in [-0.15, -0.1) is 0 Å². The van der Waals surface area contributed by atoms with Crippen LogP contribution in [0.2, 0.25) is 0 Å². The lowest BCUT2D eigenvalue weighted by Crippen LogP contribution is -2.32. The van der Waals surface area contributed by atoms with Gasteiger partial charge in [-0.2, -0.15) is 0 Å². The maximum Gasteiger partial charge on any atom is 0.320 e. The predicted octanol–water partition coefficient (Wildman–Crippen LogP) is -0.172. The Bertz CT molecular complexity index is 310. The standard InChI is InChI=1S/C6H9N3O2.C6H16N2/c7-5(6(10)11)1-4-2-8-3-9-4;7-5-3-1-2-4-6-8/h2-3,5H,1,7H2,(H,8,9)(H,10,11);1-8H2. The quantitative estimate of drug-likeness (QED) is 0.415. The highest BCUT2D eigenvalue weighted by molar-refractivity contribution is 5.73. The molecule has 1 unspecified atom stereocenters. The number of carboxylic acids is 1. The lowest BCUT2D eigenvalue weighted by molar-refractivity contribution is -0.138. The van der Waals surface area contributed by atoms with Gasteiger partial charge in [0.15, 0.2) is 0 Å². The molecule has 0 bridgehead atoms. The number of hydrogen-bond donors (Lipinski definition) is 5. The molecular weight excluding hydrogens is 246 g/mol. The van der Waals surface area contributed by atoms with Crippen LogP contribution in [0.15, 0.2) is 12.5 Å². The molecule has 7 nitrogen and oxygen atoms in total. The first kappa shape index (κ1) is 17.6. The summed E-state index contributed by atoms with van der Waals surface area (Å²) in [5, 5.41) is 8.42. The van der Waals surface area contributed by atoms with Gasteiger partial charge in [-0.3, -0.25) is 4.79 Å². The van der Waals surface area contributed by atoms with Crippen molar-refractivity contribution in [3.8, 4) is 0 Å². The van der Waals surface area contributed by atoms with E-state index in [1.807, 2.05) is 0 Å². The van der Waals surface area contributed by atoms with Gasteiger partial charge in [0.2, 0.25) is 0 Å². The molecule has 19 heavy (non-hydrogen) atoms. The molecule has 0 aliphatic rings. The zero-order valence-electron chi connectivity index (χ0n) is 11.2. The highest BCUT2D eigenvalue weighted by Crippen LogP contribution is 1.96. The maximum atomic E-state index is 10.3. The minimum atomic E-state index is -1.00. The third-order valence-corrected chi connectivity index (χ3v) is 2.47. The summed E-state index contributed by atoms with van der Waals surface area (Å²) in [7, 11) is 0. The normalized spacial score (nSPS) is 11.5. The first-order valence-corrected chi connectivity index (χ1v) is 6.47. The number of carboxylic acid groups (broad SMARTS) is 1. The molecule has 8 N–H and O–H groups in total. The third-order valence-electron chi connectivity index (χ3n) is 2.47. The van der Waals surface area contributed by atoms with Crippen LogP contribution in [-0.4, -0.2) is 40.2 Å². The van der Waals surface area contributed by atoms with E-state index >= 15 is 0 Å². The maximum absolute atomic E-state index is 10.3. The summed E-state index contributed by atoms with van der Waals surface area (Å²) in [4.78, 5) is 16.8. The van der Waals surface area contributed by atoms with Gasteiger partial charge in [-0.1, -0.05) is 12.8 Å². The number of imidazole rings is 1. The van der Waals surface area contributed by atoms with E-state index in [4.69, 9.17) is 22.3 Å². The number of carbonyl (C=O) groups is 1. The van der Waals surface area contributed by atoms with Crippen molar-refractivity contribution in [1.82, 2.24) is 9.97 Å². The van der Waals surface area contributed by atoms with Gasteiger partial charge in [-0.25, -0.2) is 4.98 Å². The van der Waals surface area contributed by atoms with Crippen molar-refractivity contribution in [3.63, 3.8) is 0 Å². The van der Waals surface area contributed by atoms with E-state index in [0.717, 1.165) is 31.6 Å². The zero-order chi connectivity index (χ0) is 14.5. The van der Waals surface area contributed by atoms with Gasteiger partial charge in [0.05, 0.1) is 6.33 Å². The van der Waals surface area contributed by atoms with E-state index in [9.17, 15) is 4.79 Å². The molecule has 1 atom stereocenters. The largest absolute Gasteiger partial charge is 0.480 e. The molecule has 0 fully saturated rings. The minimum Gasteiger partial charge on any atom is -0.480 e. The third kappa shape index (κ3) is 10.2.